The fourth-order valence-corrected chi connectivity index (χ4v) is 3.25. The lowest BCUT2D eigenvalue weighted by atomic mass is 9.75. The predicted molar refractivity (Wildman–Crippen MR) is 98.2 cm³/mol. The third kappa shape index (κ3) is 3.52. The molecule has 1 heteroatoms. The van der Waals surface area contributed by atoms with Gasteiger partial charge >= 0.3 is 0 Å². The highest BCUT2D eigenvalue weighted by Crippen LogP contribution is 2.36. The smallest absolute Gasteiger partial charge is 0.0443 e. The van der Waals surface area contributed by atoms with Crippen molar-refractivity contribution < 1.29 is 0 Å². The van der Waals surface area contributed by atoms with Gasteiger partial charge in [0.15, 0.2) is 0 Å². The van der Waals surface area contributed by atoms with Crippen molar-refractivity contribution >= 4 is 11.4 Å². The molecular weight excluding hydrogens is 266 g/mol. The topological polar surface area (TPSA) is 12.0 Å². The fraction of sp³-hybridized carbons (Fsp3) is 0.429. The number of hydrogen-bond donors (Lipinski definition) is 1. The Bertz CT molecular complexity index is 592. The van der Waals surface area contributed by atoms with E-state index in [1.165, 1.54) is 41.6 Å². The number of aryl methyl sites for hydroxylation is 2. The van der Waals surface area contributed by atoms with E-state index in [1.807, 2.05) is 6.07 Å². The molecule has 2 aromatic carbocycles. The van der Waals surface area contributed by atoms with E-state index in [-0.39, 0.29) is 5.41 Å². The van der Waals surface area contributed by atoms with Gasteiger partial charge < -0.3 is 5.32 Å². The van der Waals surface area contributed by atoms with E-state index in [4.69, 9.17) is 0 Å². The monoisotopic (exact) mass is 295 g/mol. The van der Waals surface area contributed by atoms with Crippen molar-refractivity contribution in [2.45, 2.75) is 59.3 Å². The molecule has 0 fully saturated rings. The lowest BCUT2D eigenvalue weighted by molar-refractivity contribution is 0.413. The lowest BCUT2D eigenvalue weighted by Gasteiger charge is -2.30. The van der Waals surface area contributed by atoms with Crippen molar-refractivity contribution in [3.05, 3.63) is 59.2 Å². The molecule has 0 aliphatic heterocycles. The van der Waals surface area contributed by atoms with E-state index in [0.29, 0.717) is 0 Å². The maximum absolute atomic E-state index is 3.57. The summed E-state index contributed by atoms with van der Waals surface area (Å²) >= 11 is 0. The largest absolute Gasteiger partial charge is 0.355 e. The maximum atomic E-state index is 3.57. The molecule has 2 rings (SSSR count). The Balaban J connectivity index is 2.36. The molecule has 0 amide bonds. The van der Waals surface area contributed by atoms with E-state index in [2.05, 4.69) is 76.3 Å². The molecule has 0 radical (unpaired) electrons. The number of nitrogens with one attached hydrogen (secondary N) is 1. The predicted octanol–water partition coefficient (Wildman–Crippen LogP) is 6.51. The molecule has 0 spiro atoms. The van der Waals surface area contributed by atoms with Crippen LogP contribution >= 0.6 is 0 Å². The standard InChI is InChI=1S/C21H29N/c1-6-13-21(5,7-2)18-14-16(3)20(17(4)15-18)22-19-11-9-8-10-12-19/h8-12,14-15,22H,6-7,13H2,1-5H3. The third-order valence-corrected chi connectivity index (χ3v) is 4.85. The lowest BCUT2D eigenvalue weighted by Crippen LogP contribution is -2.21. The zero-order valence-corrected chi connectivity index (χ0v) is 14.7. The van der Waals surface area contributed by atoms with Crippen molar-refractivity contribution in [2.75, 3.05) is 5.32 Å². The summed E-state index contributed by atoms with van der Waals surface area (Å²) in [5.74, 6) is 0. The molecule has 0 saturated heterocycles. The second-order valence-electron chi connectivity index (χ2n) is 6.64. The van der Waals surface area contributed by atoms with Crippen molar-refractivity contribution in [1.29, 1.82) is 0 Å². The van der Waals surface area contributed by atoms with Crippen LogP contribution in [0, 0.1) is 13.8 Å². The van der Waals surface area contributed by atoms with E-state index in [1.54, 1.807) is 0 Å². The second kappa shape index (κ2) is 7.00. The summed E-state index contributed by atoms with van der Waals surface area (Å²) in [6.45, 7) is 11.4. The molecule has 0 heterocycles. The van der Waals surface area contributed by atoms with Crippen LogP contribution in [0.5, 0.6) is 0 Å². The summed E-state index contributed by atoms with van der Waals surface area (Å²) in [5.41, 5.74) is 6.81. The first-order valence-corrected chi connectivity index (χ1v) is 8.44. The first-order valence-electron chi connectivity index (χ1n) is 8.44. The second-order valence-corrected chi connectivity index (χ2v) is 6.64. The van der Waals surface area contributed by atoms with Crippen molar-refractivity contribution in [3.63, 3.8) is 0 Å². The van der Waals surface area contributed by atoms with Crippen LogP contribution in [0.15, 0.2) is 42.5 Å². The van der Waals surface area contributed by atoms with Crippen LogP contribution in [0.1, 0.15) is 56.7 Å². The molecule has 0 aliphatic rings. The normalized spacial score (nSPS) is 13.7. The van der Waals surface area contributed by atoms with Gasteiger partial charge in [0.05, 0.1) is 0 Å². The molecule has 1 nitrogen and oxygen atoms in total. The van der Waals surface area contributed by atoms with Crippen LogP contribution in [0.3, 0.4) is 0 Å². The molecular formula is C21H29N. The van der Waals surface area contributed by atoms with Gasteiger partial charge in [-0.25, -0.2) is 0 Å². The molecule has 22 heavy (non-hydrogen) atoms. The quantitative estimate of drug-likeness (QED) is 0.640. The number of benzene rings is 2. The van der Waals surface area contributed by atoms with Crippen LogP contribution in [0.4, 0.5) is 11.4 Å². The molecule has 0 bridgehead atoms. The number of para-hydroxylation sites is 1. The Kier molecular flexibility index (Phi) is 5.28. The van der Waals surface area contributed by atoms with Crippen molar-refractivity contribution in [3.8, 4) is 0 Å². The summed E-state index contributed by atoms with van der Waals surface area (Å²) in [5, 5.41) is 3.57. The summed E-state index contributed by atoms with van der Waals surface area (Å²) in [7, 11) is 0. The van der Waals surface area contributed by atoms with Gasteiger partial charge in [-0.3, -0.25) is 0 Å². The highest BCUT2D eigenvalue weighted by molar-refractivity contribution is 5.67. The molecule has 2 aromatic rings. The highest BCUT2D eigenvalue weighted by Gasteiger charge is 2.24. The van der Waals surface area contributed by atoms with Crippen LogP contribution in [0.25, 0.3) is 0 Å². The first-order chi connectivity index (χ1) is 10.5. The van der Waals surface area contributed by atoms with Crippen LogP contribution in [-0.2, 0) is 5.41 Å². The average molecular weight is 295 g/mol. The first kappa shape index (κ1) is 16.6. The van der Waals surface area contributed by atoms with E-state index in [9.17, 15) is 0 Å². The maximum Gasteiger partial charge on any atom is 0.0443 e. The van der Waals surface area contributed by atoms with Gasteiger partial charge in [-0.15, -0.1) is 0 Å². The minimum atomic E-state index is 0.287. The van der Waals surface area contributed by atoms with Crippen LogP contribution in [0.2, 0.25) is 0 Å². The number of anilines is 2. The average Bonchev–Trinajstić information content (AvgIpc) is 2.52. The Morgan fingerprint density at radius 3 is 2.05 bits per heavy atom. The minimum Gasteiger partial charge on any atom is -0.355 e. The van der Waals surface area contributed by atoms with Crippen molar-refractivity contribution in [2.24, 2.45) is 0 Å². The van der Waals surface area contributed by atoms with Gasteiger partial charge in [-0.2, -0.15) is 0 Å². The molecule has 0 saturated carbocycles. The van der Waals surface area contributed by atoms with Crippen molar-refractivity contribution in [1.82, 2.24) is 0 Å². The number of hydrogen-bond acceptors (Lipinski definition) is 1. The van der Waals surface area contributed by atoms with Gasteiger partial charge in [0.25, 0.3) is 0 Å². The van der Waals surface area contributed by atoms with Gasteiger partial charge in [0.1, 0.15) is 0 Å². The van der Waals surface area contributed by atoms with Gasteiger partial charge in [-0.05, 0) is 60.9 Å². The summed E-state index contributed by atoms with van der Waals surface area (Å²) in [6.07, 6.45) is 3.66. The zero-order valence-electron chi connectivity index (χ0n) is 14.7. The summed E-state index contributed by atoms with van der Waals surface area (Å²) in [4.78, 5) is 0. The molecule has 1 unspecified atom stereocenters. The molecule has 1 atom stereocenters. The Labute approximate surface area is 135 Å². The van der Waals surface area contributed by atoms with Gasteiger partial charge in [0, 0.05) is 11.4 Å². The molecule has 0 aliphatic carbocycles. The molecule has 0 aromatic heterocycles. The van der Waals surface area contributed by atoms with Crippen LogP contribution < -0.4 is 5.32 Å². The fourth-order valence-electron chi connectivity index (χ4n) is 3.25. The number of rotatable bonds is 6. The van der Waals surface area contributed by atoms with E-state index >= 15 is 0 Å². The summed E-state index contributed by atoms with van der Waals surface area (Å²) < 4.78 is 0. The van der Waals surface area contributed by atoms with E-state index < -0.39 is 0 Å². The van der Waals surface area contributed by atoms with Gasteiger partial charge in [0.2, 0.25) is 0 Å². The Morgan fingerprint density at radius 2 is 1.55 bits per heavy atom. The Morgan fingerprint density at radius 1 is 0.955 bits per heavy atom. The summed E-state index contributed by atoms with van der Waals surface area (Å²) in [6, 6.07) is 15.1. The highest BCUT2D eigenvalue weighted by atomic mass is 14.9. The van der Waals surface area contributed by atoms with Crippen LogP contribution in [-0.4, -0.2) is 0 Å². The molecule has 118 valence electrons. The minimum absolute atomic E-state index is 0.287. The molecule has 1 N–H and O–H groups in total. The SMILES string of the molecule is CCCC(C)(CC)c1cc(C)c(Nc2ccccc2)c(C)c1. The van der Waals surface area contributed by atoms with E-state index in [0.717, 1.165) is 5.69 Å². The third-order valence-electron chi connectivity index (χ3n) is 4.85. The Hall–Kier alpha value is -1.76. The van der Waals surface area contributed by atoms with Gasteiger partial charge in [-0.1, -0.05) is 57.5 Å². The zero-order chi connectivity index (χ0) is 16.2.